The van der Waals surface area contributed by atoms with Crippen LogP contribution in [0.2, 0.25) is 0 Å². The van der Waals surface area contributed by atoms with Crippen LogP contribution in [-0.2, 0) is 12.1 Å². The number of aromatic hydroxyl groups is 1. The molecule has 1 aromatic carbocycles. The fourth-order valence-electron chi connectivity index (χ4n) is 3.49. The van der Waals surface area contributed by atoms with Crippen molar-refractivity contribution >= 4 is 6.03 Å². The van der Waals surface area contributed by atoms with Crippen LogP contribution in [0.3, 0.4) is 0 Å². The Morgan fingerprint density at radius 1 is 1.30 bits per heavy atom. The van der Waals surface area contributed by atoms with E-state index in [0.717, 1.165) is 0 Å². The highest BCUT2D eigenvalue weighted by molar-refractivity contribution is 5.74. The van der Waals surface area contributed by atoms with E-state index in [1.54, 1.807) is 36.2 Å². The number of halogens is 1. The molecule has 1 aromatic heterocycles. The van der Waals surface area contributed by atoms with Crippen molar-refractivity contribution in [2.75, 3.05) is 7.05 Å². The first-order valence-corrected chi connectivity index (χ1v) is 9.01. The lowest BCUT2D eigenvalue weighted by molar-refractivity contribution is -0.0211. The van der Waals surface area contributed by atoms with E-state index in [9.17, 15) is 19.4 Å². The number of nitrogens with one attached hydrogen (secondary N) is 1. The van der Waals surface area contributed by atoms with Crippen LogP contribution in [0.15, 0.2) is 42.6 Å². The van der Waals surface area contributed by atoms with Crippen LogP contribution in [0, 0.1) is 5.82 Å². The second-order valence-electron chi connectivity index (χ2n) is 7.03. The topological polar surface area (TPSA) is 85.7 Å². The molecule has 6 nitrogen and oxygen atoms in total. The van der Waals surface area contributed by atoms with Gasteiger partial charge in [0.15, 0.2) is 0 Å². The average Bonchev–Trinajstić information content (AvgIpc) is 2.67. The maximum Gasteiger partial charge on any atom is 0.317 e. The van der Waals surface area contributed by atoms with E-state index in [1.165, 1.54) is 18.3 Å². The van der Waals surface area contributed by atoms with Crippen molar-refractivity contribution in [2.45, 2.75) is 43.9 Å². The standard InChI is InChI=1S/C20H24FN3O3/c1-24(19(26)23-12-14-4-2-3-5-17(14)21)15-8-10-20(27,11-9-15)18-7-6-16(25)13-22-18/h2-7,13,15,25,27H,8-12H2,1H3,(H,23,26). The predicted octanol–water partition coefficient (Wildman–Crippen LogP) is 2.90. The molecule has 1 fully saturated rings. The van der Waals surface area contributed by atoms with Crippen molar-refractivity contribution in [2.24, 2.45) is 0 Å². The van der Waals surface area contributed by atoms with Gasteiger partial charge in [-0.2, -0.15) is 0 Å². The Hall–Kier alpha value is -2.67. The molecule has 0 unspecified atom stereocenters. The number of aliphatic hydroxyl groups is 1. The molecule has 0 saturated heterocycles. The molecule has 1 aliphatic rings. The van der Waals surface area contributed by atoms with Gasteiger partial charge in [0.05, 0.1) is 11.9 Å². The third-order valence-corrected chi connectivity index (χ3v) is 5.26. The minimum Gasteiger partial charge on any atom is -0.506 e. The fourth-order valence-corrected chi connectivity index (χ4v) is 3.49. The number of hydrogen-bond donors (Lipinski definition) is 3. The van der Waals surface area contributed by atoms with Crippen LogP contribution < -0.4 is 5.32 Å². The van der Waals surface area contributed by atoms with Gasteiger partial charge in [-0.05, 0) is 43.9 Å². The Kier molecular flexibility index (Phi) is 5.60. The van der Waals surface area contributed by atoms with Crippen molar-refractivity contribution in [3.8, 4) is 5.75 Å². The molecule has 1 aliphatic carbocycles. The summed E-state index contributed by atoms with van der Waals surface area (Å²) in [5.41, 5.74) is -0.0737. The Morgan fingerprint density at radius 2 is 2.00 bits per heavy atom. The van der Waals surface area contributed by atoms with E-state index in [1.807, 2.05) is 0 Å². The van der Waals surface area contributed by atoms with Gasteiger partial charge in [0.2, 0.25) is 0 Å². The van der Waals surface area contributed by atoms with Crippen molar-refractivity contribution in [1.29, 1.82) is 0 Å². The van der Waals surface area contributed by atoms with E-state index in [4.69, 9.17) is 0 Å². The number of pyridine rings is 1. The summed E-state index contributed by atoms with van der Waals surface area (Å²) in [5, 5.41) is 22.9. The lowest BCUT2D eigenvalue weighted by Crippen LogP contribution is -2.47. The van der Waals surface area contributed by atoms with Crippen LogP contribution in [0.1, 0.15) is 36.9 Å². The molecule has 3 N–H and O–H groups in total. The van der Waals surface area contributed by atoms with Crippen LogP contribution in [-0.4, -0.2) is 39.2 Å². The lowest BCUT2D eigenvalue weighted by Gasteiger charge is -2.39. The first kappa shape index (κ1) is 19.1. The summed E-state index contributed by atoms with van der Waals surface area (Å²) >= 11 is 0. The smallest absolute Gasteiger partial charge is 0.317 e. The van der Waals surface area contributed by atoms with Gasteiger partial charge in [0.1, 0.15) is 17.2 Å². The highest BCUT2D eigenvalue weighted by Gasteiger charge is 2.37. The monoisotopic (exact) mass is 373 g/mol. The number of carbonyl (C=O) groups is 1. The Morgan fingerprint density at radius 3 is 2.63 bits per heavy atom. The van der Waals surface area contributed by atoms with Crippen molar-refractivity contribution in [3.05, 3.63) is 59.7 Å². The average molecular weight is 373 g/mol. The van der Waals surface area contributed by atoms with Crippen LogP contribution >= 0.6 is 0 Å². The zero-order valence-electron chi connectivity index (χ0n) is 15.2. The minimum atomic E-state index is -1.05. The number of benzene rings is 1. The van der Waals surface area contributed by atoms with Crippen LogP contribution in [0.5, 0.6) is 5.75 Å². The van der Waals surface area contributed by atoms with E-state index in [0.29, 0.717) is 36.9 Å². The molecule has 144 valence electrons. The number of carbonyl (C=O) groups excluding carboxylic acids is 1. The maximum absolute atomic E-state index is 13.7. The van der Waals surface area contributed by atoms with E-state index >= 15 is 0 Å². The SMILES string of the molecule is CN(C(=O)NCc1ccccc1F)C1CCC(O)(c2ccc(O)cn2)CC1. The summed E-state index contributed by atoms with van der Waals surface area (Å²) in [6.45, 7) is 0.129. The molecule has 1 heterocycles. The largest absolute Gasteiger partial charge is 0.506 e. The molecular formula is C20H24FN3O3. The Balaban J connectivity index is 1.54. The van der Waals surface area contributed by atoms with E-state index in [-0.39, 0.29) is 30.2 Å². The maximum atomic E-state index is 13.7. The number of urea groups is 1. The van der Waals surface area contributed by atoms with Gasteiger partial charge >= 0.3 is 6.03 Å². The zero-order valence-corrected chi connectivity index (χ0v) is 15.2. The van der Waals surface area contributed by atoms with Crippen molar-refractivity contribution in [3.63, 3.8) is 0 Å². The number of nitrogens with zero attached hydrogens (tertiary/aromatic N) is 2. The molecule has 1 saturated carbocycles. The summed E-state index contributed by atoms with van der Waals surface area (Å²) < 4.78 is 13.7. The molecule has 7 heteroatoms. The van der Waals surface area contributed by atoms with Crippen LogP contribution in [0.4, 0.5) is 9.18 Å². The van der Waals surface area contributed by atoms with Crippen LogP contribution in [0.25, 0.3) is 0 Å². The minimum absolute atomic E-state index is 0.0111. The molecule has 2 aromatic rings. The number of hydrogen-bond acceptors (Lipinski definition) is 4. The molecular weight excluding hydrogens is 349 g/mol. The van der Waals surface area contributed by atoms with Gasteiger partial charge < -0.3 is 20.4 Å². The first-order valence-electron chi connectivity index (χ1n) is 9.01. The molecule has 27 heavy (non-hydrogen) atoms. The third-order valence-electron chi connectivity index (χ3n) is 5.26. The molecule has 0 atom stereocenters. The van der Waals surface area contributed by atoms with Crippen molar-refractivity contribution < 1.29 is 19.4 Å². The number of amides is 2. The normalized spacial score (nSPS) is 22.3. The molecule has 2 amide bonds. The zero-order chi connectivity index (χ0) is 19.4. The van der Waals surface area contributed by atoms with Gasteiger partial charge in [0, 0.05) is 25.2 Å². The van der Waals surface area contributed by atoms with Gasteiger partial charge in [0.25, 0.3) is 0 Å². The van der Waals surface area contributed by atoms with Gasteiger partial charge in [-0.25, -0.2) is 9.18 Å². The highest BCUT2D eigenvalue weighted by Crippen LogP contribution is 2.37. The van der Waals surface area contributed by atoms with Gasteiger partial charge in [-0.3, -0.25) is 4.98 Å². The Labute approximate surface area is 157 Å². The Bertz CT molecular complexity index is 789. The lowest BCUT2D eigenvalue weighted by atomic mass is 9.79. The summed E-state index contributed by atoms with van der Waals surface area (Å²) in [5.74, 6) is -0.285. The molecule has 0 bridgehead atoms. The molecule has 0 spiro atoms. The summed E-state index contributed by atoms with van der Waals surface area (Å²) in [4.78, 5) is 18.1. The van der Waals surface area contributed by atoms with Gasteiger partial charge in [-0.1, -0.05) is 18.2 Å². The first-order chi connectivity index (χ1) is 12.9. The predicted molar refractivity (Wildman–Crippen MR) is 98.5 cm³/mol. The molecule has 3 rings (SSSR count). The fraction of sp³-hybridized carbons (Fsp3) is 0.400. The second-order valence-corrected chi connectivity index (χ2v) is 7.03. The number of aromatic nitrogens is 1. The van der Waals surface area contributed by atoms with E-state index < -0.39 is 5.60 Å². The number of rotatable bonds is 4. The second kappa shape index (κ2) is 7.92. The quantitative estimate of drug-likeness (QED) is 0.769. The summed E-state index contributed by atoms with van der Waals surface area (Å²) in [6.07, 6.45) is 3.52. The van der Waals surface area contributed by atoms with E-state index in [2.05, 4.69) is 10.3 Å². The van der Waals surface area contributed by atoms with Crippen molar-refractivity contribution in [1.82, 2.24) is 15.2 Å². The van der Waals surface area contributed by atoms with Gasteiger partial charge in [-0.15, -0.1) is 0 Å². The summed E-state index contributed by atoms with van der Waals surface area (Å²) in [7, 11) is 1.71. The third kappa shape index (κ3) is 4.36. The summed E-state index contributed by atoms with van der Waals surface area (Å²) in [6, 6.07) is 9.20. The molecule has 0 radical (unpaired) electrons. The molecule has 0 aliphatic heterocycles. The highest BCUT2D eigenvalue weighted by atomic mass is 19.1.